The molecule has 23 heavy (non-hydrogen) atoms. The first-order valence-electron chi connectivity index (χ1n) is 7.35. The highest BCUT2D eigenvalue weighted by Crippen LogP contribution is 2.31. The van der Waals surface area contributed by atoms with E-state index in [1.54, 1.807) is 0 Å². The minimum absolute atomic E-state index is 0. The lowest BCUT2D eigenvalue weighted by molar-refractivity contribution is -0.385. The summed E-state index contributed by atoms with van der Waals surface area (Å²) in [6.45, 7) is 2.34. The topological polar surface area (TPSA) is 107 Å². The lowest BCUT2D eigenvalue weighted by Gasteiger charge is -2.34. The Labute approximate surface area is 142 Å². The van der Waals surface area contributed by atoms with Crippen molar-refractivity contribution in [2.75, 3.05) is 13.1 Å². The molecule has 0 aromatic heterocycles. The molecule has 1 aliphatic rings. The summed E-state index contributed by atoms with van der Waals surface area (Å²) in [5.41, 5.74) is 5.60. The summed E-state index contributed by atoms with van der Waals surface area (Å²) < 4.78 is 27.3. The fourth-order valence-electron chi connectivity index (χ4n) is 2.98. The summed E-state index contributed by atoms with van der Waals surface area (Å²) in [4.78, 5) is 10.5. The Morgan fingerprint density at radius 2 is 2.09 bits per heavy atom. The van der Waals surface area contributed by atoms with Gasteiger partial charge in [-0.25, -0.2) is 8.42 Å². The van der Waals surface area contributed by atoms with Gasteiger partial charge in [0.2, 0.25) is 10.0 Å². The van der Waals surface area contributed by atoms with Crippen molar-refractivity contribution in [2.45, 2.75) is 43.5 Å². The van der Waals surface area contributed by atoms with E-state index in [0.29, 0.717) is 19.5 Å². The quantitative estimate of drug-likeness (QED) is 0.637. The largest absolute Gasteiger partial charge is 0.330 e. The number of hydrogen-bond acceptors (Lipinski definition) is 5. The SMILES string of the molecule is Cc1c([N+](=O)[O-])cccc1S(=O)(=O)N1CCCCC1CCN.Cl. The van der Waals surface area contributed by atoms with Crippen molar-refractivity contribution in [3.8, 4) is 0 Å². The lowest BCUT2D eigenvalue weighted by atomic mass is 10.0. The number of hydrogen-bond donors (Lipinski definition) is 1. The number of halogens is 1. The number of nitro groups is 1. The summed E-state index contributed by atoms with van der Waals surface area (Å²) in [7, 11) is -3.75. The smallest absolute Gasteiger partial charge is 0.273 e. The van der Waals surface area contributed by atoms with Crippen molar-refractivity contribution < 1.29 is 13.3 Å². The Bertz CT molecular complexity index is 664. The summed E-state index contributed by atoms with van der Waals surface area (Å²) in [6.07, 6.45) is 3.16. The molecule has 2 N–H and O–H groups in total. The molecule has 7 nitrogen and oxygen atoms in total. The van der Waals surface area contributed by atoms with E-state index in [1.807, 2.05) is 0 Å². The third-order valence-corrected chi connectivity index (χ3v) is 6.21. The van der Waals surface area contributed by atoms with Gasteiger partial charge in [-0.15, -0.1) is 12.4 Å². The van der Waals surface area contributed by atoms with Crippen LogP contribution in [0.4, 0.5) is 5.69 Å². The molecule has 1 aliphatic heterocycles. The highest BCUT2D eigenvalue weighted by atomic mass is 35.5. The monoisotopic (exact) mass is 363 g/mol. The lowest BCUT2D eigenvalue weighted by Crippen LogP contribution is -2.44. The van der Waals surface area contributed by atoms with Crippen LogP contribution in [0.1, 0.15) is 31.2 Å². The van der Waals surface area contributed by atoms with Crippen LogP contribution in [-0.2, 0) is 10.0 Å². The van der Waals surface area contributed by atoms with Gasteiger partial charge in [-0.1, -0.05) is 12.5 Å². The van der Waals surface area contributed by atoms with Crippen molar-refractivity contribution in [3.05, 3.63) is 33.9 Å². The van der Waals surface area contributed by atoms with Crippen LogP contribution >= 0.6 is 12.4 Å². The standard InChI is InChI=1S/C14H21N3O4S.ClH/c1-11-13(17(18)19)6-4-7-14(11)22(20,21)16-10-3-2-5-12(16)8-9-15;/h4,6-7,12H,2-3,5,8-10,15H2,1H3;1H. The van der Waals surface area contributed by atoms with Crippen molar-refractivity contribution >= 4 is 28.1 Å². The van der Waals surface area contributed by atoms with Crippen molar-refractivity contribution in [1.82, 2.24) is 4.31 Å². The van der Waals surface area contributed by atoms with E-state index in [-0.39, 0.29) is 34.6 Å². The molecule has 1 heterocycles. The van der Waals surface area contributed by atoms with Crippen LogP contribution in [0.2, 0.25) is 0 Å². The van der Waals surface area contributed by atoms with Crippen LogP contribution in [-0.4, -0.2) is 36.8 Å². The van der Waals surface area contributed by atoms with Gasteiger partial charge in [-0.2, -0.15) is 4.31 Å². The molecule has 9 heteroatoms. The minimum Gasteiger partial charge on any atom is -0.330 e. The Hall–Kier alpha value is -1.22. The van der Waals surface area contributed by atoms with Gasteiger partial charge in [0.05, 0.1) is 9.82 Å². The molecule has 1 fully saturated rings. The van der Waals surface area contributed by atoms with Gasteiger partial charge in [0.1, 0.15) is 0 Å². The molecule has 1 atom stereocenters. The first-order chi connectivity index (χ1) is 10.4. The van der Waals surface area contributed by atoms with Crippen LogP contribution in [0, 0.1) is 17.0 Å². The van der Waals surface area contributed by atoms with Crippen molar-refractivity contribution in [1.29, 1.82) is 0 Å². The van der Waals surface area contributed by atoms with Gasteiger partial charge in [0.15, 0.2) is 0 Å². The Morgan fingerprint density at radius 3 is 2.70 bits per heavy atom. The number of rotatable bonds is 5. The van der Waals surface area contributed by atoms with Gasteiger partial charge in [-0.05, 0) is 38.8 Å². The number of benzene rings is 1. The summed E-state index contributed by atoms with van der Waals surface area (Å²) in [6, 6.07) is 4.05. The molecule has 0 aliphatic carbocycles. The van der Waals surface area contributed by atoms with E-state index in [1.165, 1.54) is 29.4 Å². The van der Waals surface area contributed by atoms with E-state index in [2.05, 4.69) is 0 Å². The number of nitro benzene ring substituents is 1. The zero-order valence-electron chi connectivity index (χ0n) is 13.0. The first-order valence-corrected chi connectivity index (χ1v) is 8.79. The molecule has 0 spiro atoms. The third-order valence-electron chi connectivity index (χ3n) is 4.11. The maximum Gasteiger partial charge on any atom is 0.273 e. The Morgan fingerprint density at radius 1 is 1.39 bits per heavy atom. The third kappa shape index (κ3) is 4.00. The molecular formula is C14H22ClN3O4S. The van der Waals surface area contributed by atoms with Crippen LogP contribution in [0.25, 0.3) is 0 Å². The second-order valence-corrected chi connectivity index (χ2v) is 7.36. The van der Waals surface area contributed by atoms with E-state index < -0.39 is 14.9 Å². The van der Waals surface area contributed by atoms with Gasteiger partial charge >= 0.3 is 0 Å². The van der Waals surface area contributed by atoms with E-state index in [9.17, 15) is 18.5 Å². The Balaban J connectivity index is 0.00000264. The van der Waals surface area contributed by atoms with Crippen molar-refractivity contribution in [2.24, 2.45) is 5.73 Å². The molecule has 0 saturated carbocycles. The van der Waals surface area contributed by atoms with Crippen LogP contribution in [0.3, 0.4) is 0 Å². The van der Waals surface area contributed by atoms with Gasteiger partial charge in [-0.3, -0.25) is 10.1 Å². The Kier molecular flexibility index (Phi) is 6.94. The minimum atomic E-state index is -3.75. The summed E-state index contributed by atoms with van der Waals surface area (Å²) in [5, 5.41) is 11.0. The zero-order chi connectivity index (χ0) is 16.3. The zero-order valence-corrected chi connectivity index (χ0v) is 14.6. The van der Waals surface area contributed by atoms with E-state index in [4.69, 9.17) is 5.73 Å². The number of piperidine rings is 1. The maximum atomic E-state index is 12.9. The van der Waals surface area contributed by atoms with Gasteiger partial charge in [0, 0.05) is 24.2 Å². The fourth-order valence-corrected chi connectivity index (χ4v) is 4.95. The first kappa shape index (κ1) is 19.8. The predicted octanol–water partition coefficient (Wildman–Crippen LogP) is 2.22. The normalized spacial score (nSPS) is 19.1. The molecule has 1 unspecified atom stereocenters. The average molecular weight is 364 g/mol. The summed E-state index contributed by atoms with van der Waals surface area (Å²) in [5.74, 6) is 0. The maximum absolute atomic E-state index is 12.9. The van der Waals surface area contributed by atoms with Crippen molar-refractivity contribution in [3.63, 3.8) is 0 Å². The molecule has 0 bridgehead atoms. The highest BCUT2D eigenvalue weighted by molar-refractivity contribution is 7.89. The van der Waals surface area contributed by atoms with E-state index in [0.717, 1.165) is 19.3 Å². The summed E-state index contributed by atoms with van der Waals surface area (Å²) >= 11 is 0. The molecule has 0 amide bonds. The van der Waals surface area contributed by atoms with E-state index >= 15 is 0 Å². The van der Waals surface area contributed by atoms with Gasteiger partial charge < -0.3 is 5.73 Å². The van der Waals surface area contributed by atoms with Crippen LogP contribution < -0.4 is 5.73 Å². The molecule has 1 aromatic carbocycles. The second kappa shape index (κ2) is 8.05. The van der Waals surface area contributed by atoms with Gasteiger partial charge in [0.25, 0.3) is 5.69 Å². The number of nitrogens with zero attached hydrogens (tertiary/aromatic N) is 2. The number of nitrogens with two attached hydrogens (primary N) is 1. The fraction of sp³-hybridized carbons (Fsp3) is 0.571. The number of sulfonamides is 1. The molecular weight excluding hydrogens is 342 g/mol. The molecule has 130 valence electrons. The molecule has 2 rings (SSSR count). The molecule has 1 saturated heterocycles. The van der Waals surface area contributed by atoms with Crippen LogP contribution in [0.5, 0.6) is 0 Å². The average Bonchev–Trinajstić information content (AvgIpc) is 2.47. The molecule has 0 radical (unpaired) electrons. The predicted molar refractivity (Wildman–Crippen MR) is 90.3 cm³/mol. The van der Waals surface area contributed by atoms with Crippen LogP contribution in [0.15, 0.2) is 23.1 Å². The highest BCUT2D eigenvalue weighted by Gasteiger charge is 2.35. The second-order valence-electron chi connectivity index (χ2n) is 5.50. The molecule has 1 aromatic rings.